The van der Waals surface area contributed by atoms with Crippen molar-refractivity contribution >= 4 is 5.97 Å². The predicted octanol–water partition coefficient (Wildman–Crippen LogP) is 2.81. The van der Waals surface area contributed by atoms with Crippen molar-refractivity contribution in [3.8, 4) is 0 Å². The van der Waals surface area contributed by atoms with Crippen LogP contribution in [0.25, 0.3) is 0 Å². The molecule has 1 aromatic rings. The lowest BCUT2D eigenvalue weighted by Crippen LogP contribution is -2.46. The number of hydrogen-bond acceptors (Lipinski definition) is 2. The summed E-state index contributed by atoms with van der Waals surface area (Å²) in [4.78, 5) is 13.6. The van der Waals surface area contributed by atoms with Gasteiger partial charge in [0.1, 0.15) is 0 Å². The molecule has 19 heavy (non-hydrogen) atoms. The molecule has 1 atom stereocenters. The zero-order chi connectivity index (χ0) is 13.7. The molecule has 1 saturated heterocycles. The third-order valence-electron chi connectivity index (χ3n) is 4.07. The van der Waals surface area contributed by atoms with Crippen LogP contribution in [-0.4, -0.2) is 35.6 Å². The van der Waals surface area contributed by atoms with Crippen molar-refractivity contribution < 1.29 is 9.90 Å². The molecule has 0 bridgehead atoms. The topological polar surface area (TPSA) is 40.5 Å². The van der Waals surface area contributed by atoms with Crippen LogP contribution in [0.4, 0.5) is 0 Å². The Balaban J connectivity index is 1.79. The highest BCUT2D eigenvalue weighted by Gasteiger charge is 2.37. The molecule has 2 rings (SSSR count). The van der Waals surface area contributed by atoms with Crippen LogP contribution in [0.2, 0.25) is 0 Å². The molecule has 0 amide bonds. The molecule has 104 valence electrons. The zero-order valence-electron chi connectivity index (χ0n) is 11.6. The van der Waals surface area contributed by atoms with E-state index in [-0.39, 0.29) is 0 Å². The number of likely N-dealkylation sites (tertiary alicyclic amines) is 1. The van der Waals surface area contributed by atoms with E-state index in [1.54, 1.807) is 0 Å². The van der Waals surface area contributed by atoms with Crippen molar-refractivity contribution in [3.63, 3.8) is 0 Å². The number of benzene rings is 1. The van der Waals surface area contributed by atoms with E-state index in [1.165, 1.54) is 5.56 Å². The van der Waals surface area contributed by atoms with Gasteiger partial charge in [-0.3, -0.25) is 4.79 Å². The molecule has 1 aromatic carbocycles. The first-order valence-corrected chi connectivity index (χ1v) is 7.10. The molecule has 0 aromatic heterocycles. The van der Waals surface area contributed by atoms with Gasteiger partial charge < -0.3 is 10.0 Å². The average molecular weight is 261 g/mol. The summed E-state index contributed by atoms with van der Waals surface area (Å²) in [5.74, 6) is -0.653. The van der Waals surface area contributed by atoms with Gasteiger partial charge in [-0.25, -0.2) is 0 Å². The van der Waals surface area contributed by atoms with Crippen LogP contribution >= 0.6 is 0 Å². The van der Waals surface area contributed by atoms with Crippen molar-refractivity contribution in [2.45, 2.75) is 32.6 Å². The van der Waals surface area contributed by atoms with Crippen LogP contribution in [0.1, 0.15) is 31.7 Å². The highest BCUT2D eigenvalue weighted by molar-refractivity contribution is 5.74. The van der Waals surface area contributed by atoms with E-state index in [0.29, 0.717) is 6.54 Å². The van der Waals surface area contributed by atoms with Crippen molar-refractivity contribution in [3.05, 3.63) is 35.9 Å². The summed E-state index contributed by atoms with van der Waals surface area (Å²) in [7, 11) is 0. The van der Waals surface area contributed by atoms with Crippen LogP contribution in [0.15, 0.2) is 30.3 Å². The van der Waals surface area contributed by atoms with Gasteiger partial charge in [0.05, 0.1) is 5.41 Å². The summed E-state index contributed by atoms with van der Waals surface area (Å²) >= 11 is 0. The number of carboxylic acid groups (broad SMARTS) is 1. The lowest BCUT2D eigenvalue weighted by Gasteiger charge is -2.37. The first kappa shape index (κ1) is 14.1. The van der Waals surface area contributed by atoms with E-state index < -0.39 is 11.4 Å². The molecule has 1 N–H and O–H groups in total. The number of hydrogen-bond donors (Lipinski definition) is 1. The van der Waals surface area contributed by atoms with E-state index in [9.17, 15) is 9.90 Å². The normalized spacial score (nSPS) is 24.3. The minimum Gasteiger partial charge on any atom is -0.481 e. The summed E-state index contributed by atoms with van der Waals surface area (Å²) in [6.07, 6.45) is 3.96. The number of nitrogens with zero attached hydrogens (tertiary/aromatic N) is 1. The van der Waals surface area contributed by atoms with Crippen LogP contribution < -0.4 is 0 Å². The monoisotopic (exact) mass is 261 g/mol. The van der Waals surface area contributed by atoms with Gasteiger partial charge in [0.15, 0.2) is 0 Å². The lowest BCUT2D eigenvalue weighted by atomic mass is 9.82. The number of aryl methyl sites for hydroxylation is 1. The summed E-state index contributed by atoms with van der Waals surface area (Å²) < 4.78 is 0. The SMILES string of the molecule is CC1(C(=O)O)CCCN(CCCc2ccccc2)C1. The Labute approximate surface area is 115 Å². The van der Waals surface area contributed by atoms with Crippen LogP contribution in [0.3, 0.4) is 0 Å². The number of piperidine rings is 1. The maximum absolute atomic E-state index is 11.3. The third-order valence-corrected chi connectivity index (χ3v) is 4.07. The second kappa shape index (κ2) is 6.20. The highest BCUT2D eigenvalue weighted by Crippen LogP contribution is 2.29. The molecular formula is C16H23NO2. The summed E-state index contributed by atoms with van der Waals surface area (Å²) in [6, 6.07) is 10.5. The Hall–Kier alpha value is -1.35. The standard InChI is InChI=1S/C16H23NO2/c1-16(15(18)19)10-6-12-17(13-16)11-5-9-14-7-3-2-4-8-14/h2-4,7-8H,5-6,9-13H2,1H3,(H,18,19). The van der Waals surface area contributed by atoms with Gasteiger partial charge in [-0.2, -0.15) is 0 Å². The highest BCUT2D eigenvalue weighted by atomic mass is 16.4. The van der Waals surface area contributed by atoms with Crippen LogP contribution in [-0.2, 0) is 11.2 Å². The third kappa shape index (κ3) is 3.80. The maximum Gasteiger partial charge on any atom is 0.310 e. The Morgan fingerprint density at radius 2 is 2.11 bits per heavy atom. The first-order chi connectivity index (χ1) is 9.10. The fraction of sp³-hybridized carbons (Fsp3) is 0.562. The Morgan fingerprint density at radius 1 is 1.37 bits per heavy atom. The van der Waals surface area contributed by atoms with Gasteiger partial charge in [0, 0.05) is 6.54 Å². The molecule has 1 aliphatic rings. The van der Waals surface area contributed by atoms with Crippen LogP contribution in [0, 0.1) is 5.41 Å². The smallest absolute Gasteiger partial charge is 0.310 e. The summed E-state index contributed by atoms with van der Waals surface area (Å²) in [5, 5.41) is 9.29. The number of carbonyl (C=O) groups is 1. The van der Waals surface area contributed by atoms with Gasteiger partial charge in [-0.05, 0) is 51.3 Å². The molecule has 0 saturated carbocycles. The largest absolute Gasteiger partial charge is 0.481 e. The second-order valence-corrected chi connectivity index (χ2v) is 5.83. The molecular weight excluding hydrogens is 238 g/mol. The van der Waals surface area contributed by atoms with Crippen molar-refractivity contribution in [2.24, 2.45) is 5.41 Å². The second-order valence-electron chi connectivity index (χ2n) is 5.83. The minimum absolute atomic E-state index is 0.551. The van der Waals surface area contributed by atoms with Gasteiger partial charge in [-0.1, -0.05) is 30.3 Å². The number of rotatable bonds is 5. The maximum atomic E-state index is 11.3. The molecule has 1 unspecified atom stereocenters. The minimum atomic E-state index is -0.653. The fourth-order valence-corrected chi connectivity index (χ4v) is 2.86. The van der Waals surface area contributed by atoms with Gasteiger partial charge >= 0.3 is 5.97 Å². The number of carboxylic acids is 1. The average Bonchev–Trinajstić information content (AvgIpc) is 2.40. The van der Waals surface area contributed by atoms with Gasteiger partial charge in [-0.15, -0.1) is 0 Å². The van der Waals surface area contributed by atoms with Crippen molar-refractivity contribution in [1.82, 2.24) is 4.90 Å². The zero-order valence-corrected chi connectivity index (χ0v) is 11.6. The molecule has 3 nitrogen and oxygen atoms in total. The van der Waals surface area contributed by atoms with Crippen molar-refractivity contribution in [1.29, 1.82) is 0 Å². The molecule has 1 fully saturated rings. The quantitative estimate of drug-likeness (QED) is 0.886. The Morgan fingerprint density at radius 3 is 2.79 bits per heavy atom. The molecule has 1 aliphatic heterocycles. The fourth-order valence-electron chi connectivity index (χ4n) is 2.86. The predicted molar refractivity (Wildman–Crippen MR) is 76.2 cm³/mol. The molecule has 3 heteroatoms. The summed E-state index contributed by atoms with van der Waals surface area (Å²) in [5.41, 5.74) is 0.811. The van der Waals surface area contributed by atoms with E-state index in [2.05, 4.69) is 29.2 Å². The number of aliphatic carboxylic acids is 1. The molecule has 0 radical (unpaired) electrons. The van der Waals surface area contributed by atoms with Crippen LogP contribution in [0.5, 0.6) is 0 Å². The van der Waals surface area contributed by atoms with Gasteiger partial charge in [0.2, 0.25) is 0 Å². The van der Waals surface area contributed by atoms with E-state index >= 15 is 0 Å². The lowest BCUT2D eigenvalue weighted by molar-refractivity contribution is -0.151. The molecule has 0 spiro atoms. The van der Waals surface area contributed by atoms with Gasteiger partial charge in [0.25, 0.3) is 0 Å². The molecule has 1 heterocycles. The first-order valence-electron chi connectivity index (χ1n) is 7.10. The van der Waals surface area contributed by atoms with Crippen molar-refractivity contribution in [2.75, 3.05) is 19.6 Å². The molecule has 0 aliphatic carbocycles. The van der Waals surface area contributed by atoms with E-state index in [0.717, 1.165) is 38.8 Å². The Kier molecular flexibility index (Phi) is 4.59. The van der Waals surface area contributed by atoms with E-state index in [1.807, 2.05) is 13.0 Å². The Bertz CT molecular complexity index is 418. The summed E-state index contributed by atoms with van der Waals surface area (Å²) in [6.45, 7) is 4.60. The van der Waals surface area contributed by atoms with E-state index in [4.69, 9.17) is 0 Å².